The van der Waals surface area contributed by atoms with Crippen LogP contribution in [0.2, 0.25) is 0 Å². The number of fused-ring (bicyclic) bond motifs is 4. The number of rotatable bonds is 12. The van der Waals surface area contributed by atoms with Gasteiger partial charge in [-0.25, -0.2) is 0 Å². The highest BCUT2D eigenvalue weighted by molar-refractivity contribution is 7.20. The lowest BCUT2D eigenvalue weighted by atomic mass is 9.73. The Morgan fingerprint density at radius 1 is 0.358 bits per heavy atom. The van der Waals surface area contributed by atoms with Crippen molar-refractivity contribution in [1.29, 1.82) is 0 Å². The van der Waals surface area contributed by atoms with Crippen molar-refractivity contribution in [3.63, 3.8) is 0 Å². The minimum atomic E-state index is -2.60. The zero-order valence-corrected chi connectivity index (χ0v) is 39.2. The predicted octanol–water partition coefficient (Wildman–Crippen LogP) is 14.6. The van der Waals surface area contributed by atoms with Crippen molar-refractivity contribution in [2.24, 2.45) is 0 Å². The molecule has 0 radical (unpaired) electrons. The highest BCUT2D eigenvalue weighted by Gasteiger charge is 2.42. The van der Waals surface area contributed by atoms with Gasteiger partial charge in [0.1, 0.15) is 0 Å². The number of anilines is 3. The Morgan fingerprint density at radius 3 is 1.36 bits per heavy atom. The maximum Gasteiger partial charge on any atom is 0.179 e. The van der Waals surface area contributed by atoms with Crippen LogP contribution >= 0.6 is 0 Å². The van der Waals surface area contributed by atoms with Crippen molar-refractivity contribution in [2.75, 3.05) is 4.90 Å². The van der Waals surface area contributed by atoms with E-state index in [2.05, 4.69) is 280 Å². The Bertz CT molecular complexity index is 3200. The molecular weight excluding hydrogens is 823 g/mol. The van der Waals surface area contributed by atoms with Gasteiger partial charge in [-0.2, -0.15) is 0 Å². The third-order valence-corrected chi connectivity index (χ3v) is 19.2. The van der Waals surface area contributed by atoms with Gasteiger partial charge in [0, 0.05) is 22.5 Å². The summed E-state index contributed by atoms with van der Waals surface area (Å²) in [6, 6.07) is 92.3. The standard InChI is InChI=1S/C65H53NSi/c1-3-65(4-2)63-44-49(34-42-61(63)62-43-40-56(47-64(62)65)66(54-20-10-5-11-21-54)55-22-12-6-13-23-55)31-30-48-32-35-50(36-33-48)51-37-38-53-46-60(41-39-52(53)45-51)67(57-24-14-7-15-25-57,58-26-16-8-17-27-58)59-28-18-9-19-29-59/h5-47H,3-4H2,1-2H3/b31-30+. The molecule has 10 aromatic carbocycles. The summed E-state index contributed by atoms with van der Waals surface area (Å²) in [5.74, 6) is 0. The van der Waals surface area contributed by atoms with Crippen LogP contribution in [0.15, 0.2) is 249 Å². The molecule has 0 aromatic heterocycles. The molecule has 322 valence electrons. The van der Waals surface area contributed by atoms with Crippen molar-refractivity contribution in [3.8, 4) is 22.3 Å². The van der Waals surface area contributed by atoms with Gasteiger partial charge >= 0.3 is 0 Å². The second-order valence-electron chi connectivity index (χ2n) is 17.9. The van der Waals surface area contributed by atoms with E-state index in [-0.39, 0.29) is 5.41 Å². The fraction of sp³-hybridized carbons (Fsp3) is 0.0769. The molecule has 1 nitrogen and oxygen atoms in total. The second-order valence-corrected chi connectivity index (χ2v) is 21.7. The van der Waals surface area contributed by atoms with Crippen LogP contribution in [0, 0.1) is 0 Å². The Kier molecular flexibility index (Phi) is 11.2. The molecule has 0 aliphatic heterocycles. The van der Waals surface area contributed by atoms with E-state index in [4.69, 9.17) is 0 Å². The van der Waals surface area contributed by atoms with E-state index in [1.54, 1.807) is 0 Å². The number of benzene rings is 10. The van der Waals surface area contributed by atoms with Crippen LogP contribution in [0.3, 0.4) is 0 Å². The highest BCUT2D eigenvalue weighted by Crippen LogP contribution is 2.54. The smallest absolute Gasteiger partial charge is 0.179 e. The third-order valence-electron chi connectivity index (χ3n) is 14.5. The first kappa shape index (κ1) is 41.9. The molecule has 0 spiro atoms. The third kappa shape index (κ3) is 7.44. The maximum atomic E-state index is 2.46. The quantitative estimate of drug-likeness (QED) is 0.0671. The average molecular weight is 876 g/mol. The van der Waals surface area contributed by atoms with E-state index in [0.29, 0.717) is 0 Å². The normalized spacial score (nSPS) is 12.8. The number of nitrogens with zero attached hydrogens (tertiary/aromatic N) is 1. The molecule has 0 bridgehead atoms. The van der Waals surface area contributed by atoms with Gasteiger partial charge in [-0.15, -0.1) is 0 Å². The summed E-state index contributed by atoms with van der Waals surface area (Å²) < 4.78 is 0. The molecule has 11 rings (SSSR count). The van der Waals surface area contributed by atoms with E-state index in [0.717, 1.165) is 24.2 Å². The van der Waals surface area contributed by atoms with Crippen LogP contribution in [-0.2, 0) is 5.41 Å². The van der Waals surface area contributed by atoms with Gasteiger partial charge in [0.05, 0.1) is 0 Å². The zero-order chi connectivity index (χ0) is 45.2. The molecule has 1 aliphatic carbocycles. The molecule has 0 fully saturated rings. The summed E-state index contributed by atoms with van der Waals surface area (Å²) >= 11 is 0. The summed E-state index contributed by atoms with van der Waals surface area (Å²) in [7, 11) is -2.60. The lowest BCUT2D eigenvalue weighted by molar-refractivity contribution is 0.490. The Balaban J connectivity index is 0.871. The first-order valence-corrected chi connectivity index (χ1v) is 25.8. The van der Waals surface area contributed by atoms with Crippen LogP contribution in [0.25, 0.3) is 45.2 Å². The van der Waals surface area contributed by atoms with Gasteiger partial charge < -0.3 is 4.90 Å². The molecule has 0 atom stereocenters. The van der Waals surface area contributed by atoms with Crippen LogP contribution < -0.4 is 25.6 Å². The first-order chi connectivity index (χ1) is 33.1. The maximum absolute atomic E-state index is 2.60. The molecule has 0 saturated heterocycles. The van der Waals surface area contributed by atoms with E-state index in [1.165, 1.54) is 81.7 Å². The van der Waals surface area contributed by atoms with Gasteiger partial charge in [0.25, 0.3) is 0 Å². The van der Waals surface area contributed by atoms with E-state index in [1.807, 2.05) is 0 Å². The highest BCUT2D eigenvalue weighted by atomic mass is 28.3. The topological polar surface area (TPSA) is 3.24 Å². The molecule has 1 aliphatic rings. The van der Waals surface area contributed by atoms with E-state index in [9.17, 15) is 0 Å². The van der Waals surface area contributed by atoms with Crippen molar-refractivity contribution in [2.45, 2.75) is 32.1 Å². The SMILES string of the molecule is CCC1(CC)c2cc(/C=C/c3ccc(-c4ccc5cc([Si](c6ccccc6)(c6ccccc6)c6ccccc6)ccc5c4)cc3)ccc2-c2ccc(N(c3ccccc3)c3ccccc3)cc21. The van der Waals surface area contributed by atoms with Crippen molar-refractivity contribution < 1.29 is 0 Å². The van der Waals surface area contributed by atoms with E-state index >= 15 is 0 Å². The monoisotopic (exact) mass is 875 g/mol. The summed E-state index contributed by atoms with van der Waals surface area (Å²) in [5, 5.41) is 8.06. The van der Waals surface area contributed by atoms with Crippen molar-refractivity contribution in [3.05, 3.63) is 271 Å². The van der Waals surface area contributed by atoms with Gasteiger partial charge in [-0.05, 0) is 131 Å². The van der Waals surface area contributed by atoms with Crippen LogP contribution in [0.1, 0.15) is 48.9 Å². The summed E-state index contributed by atoms with van der Waals surface area (Å²) in [5.41, 5.74) is 13.9. The van der Waals surface area contributed by atoms with Gasteiger partial charge in [0.15, 0.2) is 8.07 Å². The molecule has 67 heavy (non-hydrogen) atoms. The fourth-order valence-corrected chi connectivity index (χ4v) is 15.8. The summed E-state index contributed by atoms with van der Waals surface area (Å²) in [4.78, 5) is 2.38. The predicted molar refractivity (Wildman–Crippen MR) is 290 cm³/mol. The van der Waals surface area contributed by atoms with Crippen LogP contribution in [0.5, 0.6) is 0 Å². The van der Waals surface area contributed by atoms with Crippen LogP contribution in [-0.4, -0.2) is 8.07 Å². The molecule has 0 heterocycles. The number of hydrogen-bond donors (Lipinski definition) is 0. The van der Waals surface area contributed by atoms with Gasteiger partial charge in [-0.1, -0.05) is 232 Å². The molecule has 2 heteroatoms. The Morgan fingerprint density at radius 2 is 0.806 bits per heavy atom. The molecule has 0 unspecified atom stereocenters. The Hall–Kier alpha value is -7.78. The fourth-order valence-electron chi connectivity index (χ4n) is 11.1. The van der Waals surface area contributed by atoms with E-state index < -0.39 is 8.07 Å². The van der Waals surface area contributed by atoms with Crippen LogP contribution in [0.4, 0.5) is 17.1 Å². The largest absolute Gasteiger partial charge is 0.310 e. The van der Waals surface area contributed by atoms with Gasteiger partial charge in [0.2, 0.25) is 0 Å². The van der Waals surface area contributed by atoms with Crippen molar-refractivity contribution >= 4 is 68.8 Å². The molecule has 10 aromatic rings. The Labute approximate surface area is 397 Å². The summed E-state index contributed by atoms with van der Waals surface area (Å²) in [6.45, 7) is 4.71. The molecule has 0 N–H and O–H groups in total. The average Bonchev–Trinajstić information content (AvgIpc) is 3.68. The molecule has 0 saturated carbocycles. The lowest BCUT2D eigenvalue weighted by Crippen LogP contribution is -2.74. The first-order valence-electron chi connectivity index (χ1n) is 23.8. The van der Waals surface area contributed by atoms with Crippen molar-refractivity contribution in [1.82, 2.24) is 0 Å². The second kappa shape index (κ2) is 17.9. The lowest BCUT2D eigenvalue weighted by Gasteiger charge is -2.34. The summed E-state index contributed by atoms with van der Waals surface area (Å²) in [6.07, 6.45) is 6.61. The minimum Gasteiger partial charge on any atom is -0.310 e. The zero-order valence-electron chi connectivity index (χ0n) is 38.2. The molecule has 0 amide bonds. The van der Waals surface area contributed by atoms with Gasteiger partial charge in [-0.3, -0.25) is 0 Å². The minimum absolute atomic E-state index is 0.0661. The molecular formula is C65H53NSi. The number of hydrogen-bond acceptors (Lipinski definition) is 1. The number of para-hydroxylation sites is 2.